The van der Waals surface area contributed by atoms with Crippen molar-refractivity contribution >= 4 is 10.0 Å². The Morgan fingerprint density at radius 2 is 2.00 bits per heavy atom. The van der Waals surface area contributed by atoms with Gasteiger partial charge in [0.25, 0.3) is 0 Å². The third-order valence-electron chi connectivity index (χ3n) is 4.65. The number of aromatic nitrogens is 2. The topological polar surface area (TPSA) is 88.3 Å². The molecule has 1 saturated carbocycles. The van der Waals surface area contributed by atoms with E-state index in [1.807, 2.05) is 6.92 Å². The maximum Gasteiger partial charge on any atom is 0.243 e. The van der Waals surface area contributed by atoms with Gasteiger partial charge in [-0.05, 0) is 39.0 Å². The van der Waals surface area contributed by atoms with Crippen LogP contribution in [0.1, 0.15) is 69.6 Å². The molecule has 3 rings (SSSR count). The zero-order valence-corrected chi connectivity index (χ0v) is 14.7. The molecular weight excluding hydrogens is 316 g/mol. The van der Waals surface area contributed by atoms with Crippen LogP contribution in [0.2, 0.25) is 0 Å². The Kier molecular flexibility index (Phi) is 5.03. The molecule has 0 amide bonds. The van der Waals surface area contributed by atoms with Crippen LogP contribution in [0.25, 0.3) is 0 Å². The van der Waals surface area contributed by atoms with E-state index in [1.165, 1.54) is 0 Å². The number of rotatable bonds is 7. The highest BCUT2D eigenvalue weighted by Gasteiger charge is 2.32. The zero-order valence-electron chi connectivity index (χ0n) is 13.9. The first-order valence-corrected chi connectivity index (χ1v) is 10.2. The standard InChI is InChI=1S/C15H26N4O3S/c1-3-10-23(20,21)18-13-6-8-19(9-7-13)11(2)15-16-14(17-22-15)12-4-5-12/h11-13,18H,3-10H2,1-2H3. The van der Waals surface area contributed by atoms with Crippen LogP contribution in [-0.4, -0.2) is 48.3 Å². The summed E-state index contributed by atoms with van der Waals surface area (Å²) < 4.78 is 31.9. The van der Waals surface area contributed by atoms with Gasteiger partial charge in [-0.3, -0.25) is 4.90 Å². The van der Waals surface area contributed by atoms with Crippen LogP contribution in [0.15, 0.2) is 4.52 Å². The maximum atomic E-state index is 11.9. The molecular formula is C15H26N4O3S. The fraction of sp³-hybridized carbons (Fsp3) is 0.867. The van der Waals surface area contributed by atoms with E-state index >= 15 is 0 Å². The second kappa shape index (κ2) is 6.86. The average Bonchev–Trinajstić information content (AvgIpc) is 3.24. The minimum absolute atomic E-state index is 0.0414. The quantitative estimate of drug-likeness (QED) is 0.813. The second-order valence-electron chi connectivity index (χ2n) is 6.69. The van der Waals surface area contributed by atoms with Crippen molar-refractivity contribution < 1.29 is 12.9 Å². The molecule has 8 heteroatoms. The molecule has 23 heavy (non-hydrogen) atoms. The molecule has 1 aromatic heterocycles. The fourth-order valence-electron chi connectivity index (χ4n) is 3.07. The molecule has 1 unspecified atom stereocenters. The molecule has 1 N–H and O–H groups in total. The van der Waals surface area contributed by atoms with Crippen molar-refractivity contribution in [2.75, 3.05) is 18.8 Å². The second-order valence-corrected chi connectivity index (χ2v) is 8.56. The van der Waals surface area contributed by atoms with E-state index in [2.05, 4.69) is 26.7 Å². The van der Waals surface area contributed by atoms with Gasteiger partial charge < -0.3 is 4.52 Å². The highest BCUT2D eigenvalue weighted by atomic mass is 32.2. The van der Waals surface area contributed by atoms with E-state index in [1.54, 1.807) is 0 Å². The number of hydrogen-bond acceptors (Lipinski definition) is 6. The maximum absolute atomic E-state index is 11.9. The minimum atomic E-state index is -3.13. The van der Waals surface area contributed by atoms with Gasteiger partial charge in [0.15, 0.2) is 5.82 Å². The summed E-state index contributed by atoms with van der Waals surface area (Å²) in [5.41, 5.74) is 0. The average molecular weight is 342 g/mol. The van der Waals surface area contributed by atoms with E-state index in [0.717, 1.165) is 44.6 Å². The van der Waals surface area contributed by atoms with E-state index in [0.29, 0.717) is 18.2 Å². The molecule has 1 atom stereocenters. The van der Waals surface area contributed by atoms with E-state index < -0.39 is 10.0 Å². The third-order valence-corrected chi connectivity index (χ3v) is 6.29. The summed E-state index contributed by atoms with van der Waals surface area (Å²) in [6.45, 7) is 5.62. The highest BCUT2D eigenvalue weighted by Crippen LogP contribution is 2.38. The molecule has 2 fully saturated rings. The van der Waals surface area contributed by atoms with Gasteiger partial charge >= 0.3 is 0 Å². The molecule has 0 aromatic carbocycles. The van der Waals surface area contributed by atoms with Gasteiger partial charge in [-0.25, -0.2) is 13.1 Å². The van der Waals surface area contributed by atoms with Crippen molar-refractivity contribution in [1.29, 1.82) is 0 Å². The SMILES string of the molecule is CCCS(=O)(=O)NC1CCN(C(C)c2nc(C3CC3)no2)CC1. The summed E-state index contributed by atoms with van der Waals surface area (Å²) in [4.78, 5) is 6.81. The number of likely N-dealkylation sites (tertiary alicyclic amines) is 1. The molecule has 0 bridgehead atoms. The van der Waals surface area contributed by atoms with Crippen molar-refractivity contribution in [3.63, 3.8) is 0 Å². The Labute approximate surface area is 137 Å². The first-order valence-electron chi connectivity index (χ1n) is 8.56. The van der Waals surface area contributed by atoms with Gasteiger partial charge in [-0.15, -0.1) is 0 Å². The van der Waals surface area contributed by atoms with Crippen LogP contribution in [0, 0.1) is 0 Å². The smallest absolute Gasteiger partial charge is 0.243 e. The molecule has 1 aliphatic heterocycles. The Morgan fingerprint density at radius 3 is 2.61 bits per heavy atom. The van der Waals surface area contributed by atoms with Crippen molar-refractivity contribution in [2.24, 2.45) is 0 Å². The van der Waals surface area contributed by atoms with Crippen LogP contribution in [0.5, 0.6) is 0 Å². The highest BCUT2D eigenvalue weighted by molar-refractivity contribution is 7.89. The largest absolute Gasteiger partial charge is 0.338 e. The monoisotopic (exact) mass is 342 g/mol. The number of sulfonamides is 1. The summed E-state index contributed by atoms with van der Waals surface area (Å²) in [6, 6.07) is 0.128. The molecule has 1 aliphatic carbocycles. The van der Waals surface area contributed by atoms with Gasteiger partial charge in [0.1, 0.15) is 0 Å². The Morgan fingerprint density at radius 1 is 1.30 bits per heavy atom. The Balaban J connectivity index is 1.51. The fourth-order valence-corrected chi connectivity index (χ4v) is 4.47. The molecule has 1 aromatic rings. The van der Waals surface area contributed by atoms with Crippen LogP contribution < -0.4 is 4.72 Å². The van der Waals surface area contributed by atoms with Gasteiger partial charge in [0.2, 0.25) is 15.9 Å². The van der Waals surface area contributed by atoms with E-state index in [-0.39, 0.29) is 17.8 Å². The van der Waals surface area contributed by atoms with Gasteiger partial charge in [-0.2, -0.15) is 4.98 Å². The molecule has 2 heterocycles. The number of piperidine rings is 1. The minimum Gasteiger partial charge on any atom is -0.338 e. The van der Waals surface area contributed by atoms with Crippen LogP contribution in [0.3, 0.4) is 0 Å². The van der Waals surface area contributed by atoms with Crippen molar-refractivity contribution in [2.45, 2.75) is 64.0 Å². The van der Waals surface area contributed by atoms with E-state index in [4.69, 9.17) is 4.52 Å². The number of nitrogens with one attached hydrogen (secondary N) is 1. The number of hydrogen-bond donors (Lipinski definition) is 1. The summed E-state index contributed by atoms with van der Waals surface area (Å²) in [5, 5.41) is 4.07. The molecule has 130 valence electrons. The lowest BCUT2D eigenvalue weighted by atomic mass is 10.0. The first kappa shape index (κ1) is 16.9. The normalized spacial score (nSPS) is 22.3. The lowest BCUT2D eigenvalue weighted by Gasteiger charge is -2.34. The summed E-state index contributed by atoms with van der Waals surface area (Å²) in [6.07, 6.45) is 4.60. The molecule has 0 radical (unpaired) electrons. The zero-order chi connectivity index (χ0) is 16.4. The van der Waals surface area contributed by atoms with E-state index in [9.17, 15) is 8.42 Å². The third kappa shape index (κ3) is 4.30. The summed E-state index contributed by atoms with van der Waals surface area (Å²) >= 11 is 0. The molecule has 2 aliphatic rings. The van der Waals surface area contributed by atoms with Crippen molar-refractivity contribution in [1.82, 2.24) is 19.8 Å². The van der Waals surface area contributed by atoms with Crippen LogP contribution in [-0.2, 0) is 10.0 Å². The number of nitrogens with zero attached hydrogens (tertiary/aromatic N) is 3. The summed E-state index contributed by atoms with van der Waals surface area (Å²) in [7, 11) is -3.13. The molecule has 7 nitrogen and oxygen atoms in total. The van der Waals surface area contributed by atoms with Crippen LogP contribution >= 0.6 is 0 Å². The Hall–Kier alpha value is -0.990. The lowest BCUT2D eigenvalue weighted by molar-refractivity contribution is 0.134. The molecule has 0 spiro atoms. The first-order chi connectivity index (χ1) is 11.0. The van der Waals surface area contributed by atoms with Crippen molar-refractivity contribution in [3.05, 3.63) is 11.7 Å². The van der Waals surface area contributed by atoms with Crippen LogP contribution in [0.4, 0.5) is 0 Å². The summed E-state index contributed by atoms with van der Waals surface area (Å²) in [5.74, 6) is 2.22. The molecule has 1 saturated heterocycles. The van der Waals surface area contributed by atoms with Crippen molar-refractivity contribution in [3.8, 4) is 0 Å². The van der Waals surface area contributed by atoms with Gasteiger partial charge in [0, 0.05) is 25.0 Å². The van der Waals surface area contributed by atoms with Gasteiger partial charge in [0.05, 0.1) is 11.8 Å². The van der Waals surface area contributed by atoms with Gasteiger partial charge in [-0.1, -0.05) is 12.1 Å². The Bertz CT molecular complexity index is 618. The lowest BCUT2D eigenvalue weighted by Crippen LogP contribution is -2.45. The predicted molar refractivity (Wildman–Crippen MR) is 86.5 cm³/mol. The predicted octanol–water partition coefficient (Wildman–Crippen LogP) is 1.80.